The number of aryl methyl sites for hydroxylation is 1. The number of piperidine rings is 1. The predicted octanol–water partition coefficient (Wildman–Crippen LogP) is 3.76. The lowest BCUT2D eigenvalue weighted by molar-refractivity contribution is -0.135. The smallest absolute Gasteiger partial charge is 0.342 e. The van der Waals surface area contributed by atoms with Crippen molar-refractivity contribution in [2.24, 2.45) is 0 Å². The highest BCUT2D eigenvalue weighted by molar-refractivity contribution is 5.96. The maximum Gasteiger partial charge on any atom is 0.342 e. The number of carbonyl (C=O) groups excluding carboxylic acids is 2. The number of ether oxygens (including phenoxy) is 1. The molecular weight excluding hydrogens is 378 g/mol. The number of benzene rings is 1. The Balaban J connectivity index is 1.41. The number of esters is 1. The number of aromatic nitrogens is 1. The Bertz CT molecular complexity index is 908. The maximum absolute atomic E-state index is 12.8. The van der Waals surface area contributed by atoms with E-state index in [1.165, 1.54) is 17.5 Å². The Labute approximate surface area is 177 Å². The molecular formula is C24H29N3O3. The van der Waals surface area contributed by atoms with Crippen molar-refractivity contribution in [2.45, 2.75) is 44.6 Å². The first-order valence-electron chi connectivity index (χ1n) is 10.9. The van der Waals surface area contributed by atoms with Gasteiger partial charge in [-0.15, -0.1) is 0 Å². The van der Waals surface area contributed by atoms with Crippen molar-refractivity contribution in [1.82, 2.24) is 9.88 Å². The van der Waals surface area contributed by atoms with Gasteiger partial charge < -0.3 is 14.5 Å². The SMILES string of the molecule is CN(C(=O)COC(=O)c1cccnc1N1CCCCC1)C1CCCc2ccccc21. The van der Waals surface area contributed by atoms with E-state index in [4.69, 9.17) is 4.74 Å². The van der Waals surface area contributed by atoms with Gasteiger partial charge in [-0.2, -0.15) is 0 Å². The number of anilines is 1. The molecule has 1 aromatic heterocycles. The van der Waals surface area contributed by atoms with Crippen LogP contribution in [0.15, 0.2) is 42.6 Å². The summed E-state index contributed by atoms with van der Waals surface area (Å²) in [4.78, 5) is 33.8. The monoisotopic (exact) mass is 407 g/mol. The minimum atomic E-state index is -0.491. The van der Waals surface area contributed by atoms with Crippen LogP contribution in [0.4, 0.5) is 5.82 Å². The summed E-state index contributed by atoms with van der Waals surface area (Å²) in [7, 11) is 1.80. The van der Waals surface area contributed by atoms with Gasteiger partial charge in [0.15, 0.2) is 6.61 Å². The fourth-order valence-electron chi connectivity index (χ4n) is 4.53. The molecule has 1 aliphatic carbocycles. The molecule has 0 spiro atoms. The lowest BCUT2D eigenvalue weighted by atomic mass is 9.87. The number of nitrogens with zero attached hydrogens (tertiary/aromatic N) is 3. The summed E-state index contributed by atoms with van der Waals surface area (Å²) in [6.45, 7) is 1.52. The van der Waals surface area contributed by atoms with Crippen molar-refractivity contribution >= 4 is 17.7 Å². The molecule has 158 valence electrons. The average molecular weight is 408 g/mol. The molecule has 1 fully saturated rings. The highest BCUT2D eigenvalue weighted by Crippen LogP contribution is 2.33. The molecule has 1 aliphatic heterocycles. The Morgan fingerprint density at radius 2 is 1.90 bits per heavy atom. The molecule has 1 saturated heterocycles. The summed E-state index contributed by atoms with van der Waals surface area (Å²) in [5.74, 6) is -0.0212. The van der Waals surface area contributed by atoms with E-state index in [1.54, 1.807) is 30.3 Å². The van der Waals surface area contributed by atoms with Gasteiger partial charge >= 0.3 is 5.97 Å². The van der Waals surface area contributed by atoms with Gasteiger partial charge in [-0.05, 0) is 61.8 Å². The molecule has 2 aromatic rings. The number of amides is 1. The molecule has 6 heteroatoms. The second-order valence-corrected chi connectivity index (χ2v) is 8.11. The third-order valence-electron chi connectivity index (χ3n) is 6.19. The van der Waals surface area contributed by atoms with Crippen LogP contribution in [0.2, 0.25) is 0 Å². The molecule has 1 aromatic carbocycles. The summed E-state index contributed by atoms with van der Waals surface area (Å²) in [6, 6.07) is 11.8. The van der Waals surface area contributed by atoms with Crippen LogP contribution in [0, 0.1) is 0 Å². The van der Waals surface area contributed by atoms with E-state index in [1.807, 2.05) is 12.1 Å². The van der Waals surface area contributed by atoms with Crippen molar-refractivity contribution in [2.75, 3.05) is 31.6 Å². The second-order valence-electron chi connectivity index (χ2n) is 8.11. The highest BCUT2D eigenvalue weighted by Gasteiger charge is 2.27. The number of likely N-dealkylation sites (N-methyl/N-ethyl adjacent to an activating group) is 1. The minimum absolute atomic E-state index is 0.0310. The first-order valence-corrected chi connectivity index (χ1v) is 10.9. The van der Waals surface area contributed by atoms with E-state index in [0.717, 1.165) is 45.2 Å². The van der Waals surface area contributed by atoms with Gasteiger partial charge in [-0.25, -0.2) is 9.78 Å². The predicted molar refractivity (Wildman–Crippen MR) is 115 cm³/mol. The number of pyridine rings is 1. The second kappa shape index (κ2) is 9.28. The Kier molecular flexibility index (Phi) is 6.31. The van der Waals surface area contributed by atoms with Crippen molar-refractivity contribution in [3.63, 3.8) is 0 Å². The van der Waals surface area contributed by atoms with Crippen LogP contribution in [0.1, 0.15) is 59.6 Å². The van der Waals surface area contributed by atoms with Gasteiger partial charge in [-0.3, -0.25) is 4.79 Å². The topological polar surface area (TPSA) is 62.7 Å². The Hall–Kier alpha value is -2.89. The van der Waals surface area contributed by atoms with Crippen molar-refractivity contribution in [1.29, 1.82) is 0 Å². The molecule has 0 radical (unpaired) electrons. The van der Waals surface area contributed by atoms with E-state index >= 15 is 0 Å². The number of fused-ring (bicyclic) bond motifs is 1. The van der Waals surface area contributed by atoms with E-state index in [-0.39, 0.29) is 18.6 Å². The number of carbonyl (C=O) groups is 2. The molecule has 0 bridgehead atoms. The zero-order chi connectivity index (χ0) is 20.9. The third kappa shape index (κ3) is 4.32. The first kappa shape index (κ1) is 20.4. The van der Waals surface area contributed by atoms with Crippen LogP contribution in [0.5, 0.6) is 0 Å². The summed E-state index contributed by atoms with van der Waals surface area (Å²) >= 11 is 0. The van der Waals surface area contributed by atoms with Gasteiger partial charge in [0.25, 0.3) is 5.91 Å². The summed E-state index contributed by atoms with van der Waals surface area (Å²) in [6.07, 6.45) is 8.11. The molecule has 4 rings (SSSR count). The molecule has 1 atom stereocenters. The van der Waals surface area contributed by atoms with E-state index in [9.17, 15) is 9.59 Å². The van der Waals surface area contributed by atoms with E-state index in [2.05, 4.69) is 22.0 Å². The molecule has 6 nitrogen and oxygen atoms in total. The zero-order valence-electron chi connectivity index (χ0n) is 17.5. The van der Waals surface area contributed by atoms with Crippen LogP contribution in [0.25, 0.3) is 0 Å². The molecule has 2 heterocycles. The number of rotatable bonds is 5. The van der Waals surface area contributed by atoms with Crippen molar-refractivity contribution in [3.05, 3.63) is 59.3 Å². The highest BCUT2D eigenvalue weighted by atomic mass is 16.5. The maximum atomic E-state index is 12.8. The standard InChI is InChI=1S/C24H29N3O3/c1-26(21-13-7-10-18-9-3-4-11-19(18)21)22(28)17-30-24(29)20-12-8-14-25-23(20)27-15-5-2-6-16-27/h3-4,8-9,11-12,14,21H,2,5-7,10,13,15-17H2,1H3. The number of hydrogen-bond acceptors (Lipinski definition) is 5. The van der Waals surface area contributed by atoms with Crippen LogP contribution in [0.3, 0.4) is 0 Å². The molecule has 1 amide bonds. The van der Waals surface area contributed by atoms with Crippen LogP contribution in [-0.2, 0) is 16.0 Å². The van der Waals surface area contributed by atoms with Gasteiger partial charge in [0, 0.05) is 26.3 Å². The molecule has 0 saturated carbocycles. The third-order valence-corrected chi connectivity index (χ3v) is 6.19. The summed E-state index contributed by atoms with van der Waals surface area (Å²) in [5.41, 5.74) is 2.93. The molecule has 0 N–H and O–H groups in total. The Morgan fingerprint density at radius 3 is 2.73 bits per heavy atom. The lowest BCUT2D eigenvalue weighted by Crippen LogP contribution is -2.36. The van der Waals surface area contributed by atoms with Gasteiger partial charge in [0.2, 0.25) is 0 Å². The molecule has 30 heavy (non-hydrogen) atoms. The van der Waals surface area contributed by atoms with Gasteiger partial charge in [0.1, 0.15) is 11.4 Å². The fourth-order valence-corrected chi connectivity index (χ4v) is 4.53. The van der Waals surface area contributed by atoms with Gasteiger partial charge in [0.05, 0.1) is 6.04 Å². The van der Waals surface area contributed by atoms with Crippen molar-refractivity contribution in [3.8, 4) is 0 Å². The summed E-state index contributed by atoms with van der Waals surface area (Å²) in [5, 5.41) is 0. The molecule has 2 aliphatic rings. The van der Waals surface area contributed by atoms with Crippen LogP contribution in [-0.4, -0.2) is 48.5 Å². The number of hydrogen-bond donors (Lipinski definition) is 0. The van der Waals surface area contributed by atoms with Gasteiger partial charge in [-0.1, -0.05) is 24.3 Å². The normalized spacial score (nSPS) is 18.4. The lowest BCUT2D eigenvalue weighted by Gasteiger charge is -2.33. The quantitative estimate of drug-likeness (QED) is 0.706. The minimum Gasteiger partial charge on any atom is -0.452 e. The van der Waals surface area contributed by atoms with E-state index < -0.39 is 5.97 Å². The van der Waals surface area contributed by atoms with E-state index in [0.29, 0.717) is 11.4 Å². The Morgan fingerprint density at radius 1 is 1.10 bits per heavy atom. The summed E-state index contributed by atoms with van der Waals surface area (Å²) < 4.78 is 5.42. The van der Waals surface area contributed by atoms with Crippen LogP contribution >= 0.6 is 0 Å². The molecule has 1 unspecified atom stereocenters. The van der Waals surface area contributed by atoms with Crippen molar-refractivity contribution < 1.29 is 14.3 Å². The zero-order valence-corrected chi connectivity index (χ0v) is 17.5. The first-order chi connectivity index (χ1) is 14.6. The largest absolute Gasteiger partial charge is 0.452 e. The van der Waals surface area contributed by atoms with Crippen LogP contribution < -0.4 is 4.90 Å². The fraction of sp³-hybridized carbons (Fsp3) is 0.458. The average Bonchev–Trinajstić information content (AvgIpc) is 2.82.